The van der Waals surface area contributed by atoms with Crippen LogP contribution in [0.4, 0.5) is 4.79 Å². The van der Waals surface area contributed by atoms with E-state index in [-0.39, 0.29) is 11.4 Å². The maximum absolute atomic E-state index is 11.9. The van der Waals surface area contributed by atoms with Crippen molar-refractivity contribution in [2.75, 3.05) is 26.3 Å². The molecule has 0 saturated carbocycles. The summed E-state index contributed by atoms with van der Waals surface area (Å²) in [5.74, 6) is 0.455. The van der Waals surface area contributed by atoms with Gasteiger partial charge in [-0.25, -0.2) is 4.79 Å². The van der Waals surface area contributed by atoms with Gasteiger partial charge in [0.25, 0.3) is 0 Å². The predicted molar refractivity (Wildman–Crippen MR) is 88.9 cm³/mol. The molecule has 1 unspecified atom stereocenters. The van der Waals surface area contributed by atoms with Gasteiger partial charge in [0.05, 0.1) is 6.61 Å². The van der Waals surface area contributed by atoms with Gasteiger partial charge >= 0.3 is 6.03 Å². The summed E-state index contributed by atoms with van der Waals surface area (Å²) < 4.78 is 5.42. The fraction of sp³-hybridized carbons (Fsp3) is 0.611. The zero-order valence-electron chi connectivity index (χ0n) is 13.7. The summed E-state index contributed by atoms with van der Waals surface area (Å²) in [5.41, 5.74) is 1.33. The lowest BCUT2D eigenvalue weighted by Crippen LogP contribution is -2.43. The number of nitrogens with one attached hydrogen (secondary N) is 2. The van der Waals surface area contributed by atoms with Crippen LogP contribution >= 0.6 is 0 Å². The first-order chi connectivity index (χ1) is 10.6. The van der Waals surface area contributed by atoms with Gasteiger partial charge in [0.15, 0.2) is 0 Å². The monoisotopic (exact) mass is 304 g/mol. The van der Waals surface area contributed by atoms with Crippen molar-refractivity contribution in [3.8, 4) is 0 Å². The molecule has 1 atom stereocenters. The summed E-state index contributed by atoms with van der Waals surface area (Å²) in [6.07, 6.45) is 3.18. The molecule has 0 aromatic heterocycles. The lowest BCUT2D eigenvalue weighted by Gasteiger charge is -2.26. The van der Waals surface area contributed by atoms with Crippen molar-refractivity contribution in [3.05, 3.63) is 35.9 Å². The molecule has 1 heterocycles. The molecule has 0 radical (unpaired) electrons. The van der Waals surface area contributed by atoms with Gasteiger partial charge in [0, 0.05) is 19.7 Å². The maximum atomic E-state index is 11.9. The molecule has 22 heavy (non-hydrogen) atoms. The molecule has 2 N–H and O–H groups in total. The van der Waals surface area contributed by atoms with Gasteiger partial charge < -0.3 is 15.4 Å². The van der Waals surface area contributed by atoms with E-state index in [1.807, 2.05) is 6.07 Å². The first kappa shape index (κ1) is 16.8. The summed E-state index contributed by atoms with van der Waals surface area (Å²) in [6, 6.07) is 10.3. The van der Waals surface area contributed by atoms with E-state index in [0.29, 0.717) is 19.0 Å². The third kappa shape index (κ3) is 6.06. The van der Waals surface area contributed by atoms with E-state index in [4.69, 9.17) is 4.74 Å². The number of hydrogen-bond donors (Lipinski definition) is 2. The van der Waals surface area contributed by atoms with E-state index in [2.05, 4.69) is 48.7 Å². The van der Waals surface area contributed by atoms with Gasteiger partial charge in [0.1, 0.15) is 0 Å². The Balaban J connectivity index is 1.68. The van der Waals surface area contributed by atoms with Crippen LogP contribution in [0.1, 0.15) is 32.3 Å². The van der Waals surface area contributed by atoms with E-state index in [9.17, 15) is 4.79 Å². The number of rotatable bonds is 6. The second kappa shape index (κ2) is 8.18. The van der Waals surface area contributed by atoms with Gasteiger partial charge in [0.2, 0.25) is 0 Å². The first-order valence-electron chi connectivity index (χ1n) is 8.18. The molecule has 4 heteroatoms. The van der Waals surface area contributed by atoms with Crippen LogP contribution in [0.15, 0.2) is 30.3 Å². The molecular weight excluding hydrogens is 276 g/mol. The largest absolute Gasteiger partial charge is 0.381 e. The van der Waals surface area contributed by atoms with Crippen molar-refractivity contribution in [2.45, 2.75) is 33.1 Å². The number of hydrogen-bond acceptors (Lipinski definition) is 2. The zero-order chi connectivity index (χ0) is 15.8. The van der Waals surface area contributed by atoms with Crippen molar-refractivity contribution in [1.29, 1.82) is 0 Å². The fourth-order valence-electron chi connectivity index (χ4n) is 2.80. The molecule has 1 fully saturated rings. The van der Waals surface area contributed by atoms with Crippen molar-refractivity contribution in [2.24, 2.45) is 11.3 Å². The second-order valence-corrected chi connectivity index (χ2v) is 6.97. The first-order valence-corrected chi connectivity index (χ1v) is 8.18. The van der Waals surface area contributed by atoms with Crippen molar-refractivity contribution >= 4 is 6.03 Å². The highest BCUT2D eigenvalue weighted by Gasteiger charge is 2.20. The Kier molecular flexibility index (Phi) is 6.25. The Labute approximate surface area is 133 Å². The van der Waals surface area contributed by atoms with Crippen molar-refractivity contribution in [1.82, 2.24) is 10.6 Å². The molecular formula is C18H28N2O2. The number of carbonyl (C=O) groups excluding carboxylic acids is 1. The Hall–Kier alpha value is -1.55. The standard InChI is InChI=1S/C18H28N2O2/c1-18(2,11-15-7-4-3-5-8-15)14-20-17(21)19-12-16-9-6-10-22-13-16/h3-5,7-8,16H,6,9-14H2,1-2H3,(H2,19,20,21). The third-order valence-electron chi connectivity index (χ3n) is 4.06. The summed E-state index contributed by atoms with van der Waals surface area (Å²) >= 11 is 0. The molecule has 0 bridgehead atoms. The maximum Gasteiger partial charge on any atom is 0.314 e. The number of ether oxygens (including phenoxy) is 1. The SMILES string of the molecule is CC(C)(CNC(=O)NCC1CCCOC1)Cc1ccccc1. The fourth-order valence-corrected chi connectivity index (χ4v) is 2.80. The van der Waals surface area contributed by atoms with Crippen LogP contribution in [0.2, 0.25) is 0 Å². The van der Waals surface area contributed by atoms with Crippen LogP contribution in [-0.4, -0.2) is 32.3 Å². The second-order valence-electron chi connectivity index (χ2n) is 6.97. The van der Waals surface area contributed by atoms with Crippen LogP contribution < -0.4 is 10.6 Å². The molecule has 0 spiro atoms. The number of urea groups is 1. The minimum absolute atomic E-state index is 0.0344. The summed E-state index contributed by atoms with van der Waals surface area (Å²) in [5, 5.41) is 5.95. The van der Waals surface area contributed by atoms with Crippen LogP contribution in [-0.2, 0) is 11.2 Å². The molecule has 1 aromatic carbocycles. The quantitative estimate of drug-likeness (QED) is 0.849. The summed E-state index contributed by atoms with van der Waals surface area (Å²) in [4.78, 5) is 11.9. The normalized spacial score (nSPS) is 18.7. The van der Waals surface area contributed by atoms with Crippen LogP contribution in [0.3, 0.4) is 0 Å². The van der Waals surface area contributed by atoms with E-state index in [1.54, 1.807) is 0 Å². The average Bonchev–Trinajstić information content (AvgIpc) is 2.53. The van der Waals surface area contributed by atoms with Crippen LogP contribution in [0.5, 0.6) is 0 Å². The molecule has 1 aliphatic heterocycles. The van der Waals surface area contributed by atoms with E-state index in [0.717, 1.165) is 32.5 Å². The molecule has 2 rings (SSSR count). The predicted octanol–water partition coefficient (Wildman–Crippen LogP) is 2.98. The minimum Gasteiger partial charge on any atom is -0.381 e. The number of carbonyl (C=O) groups is 1. The highest BCUT2D eigenvalue weighted by Crippen LogP contribution is 2.20. The smallest absolute Gasteiger partial charge is 0.314 e. The van der Waals surface area contributed by atoms with Crippen molar-refractivity contribution < 1.29 is 9.53 Å². The highest BCUT2D eigenvalue weighted by molar-refractivity contribution is 5.73. The summed E-state index contributed by atoms with van der Waals surface area (Å²) in [7, 11) is 0. The van der Waals surface area contributed by atoms with Crippen LogP contribution in [0.25, 0.3) is 0 Å². The Morgan fingerprint density at radius 1 is 1.27 bits per heavy atom. The van der Waals surface area contributed by atoms with Crippen molar-refractivity contribution in [3.63, 3.8) is 0 Å². The number of benzene rings is 1. The molecule has 1 aromatic rings. The molecule has 0 aliphatic carbocycles. The van der Waals surface area contributed by atoms with Gasteiger partial charge in [-0.15, -0.1) is 0 Å². The average molecular weight is 304 g/mol. The van der Waals surface area contributed by atoms with Gasteiger partial charge in [-0.05, 0) is 36.2 Å². The van der Waals surface area contributed by atoms with Gasteiger partial charge in [-0.2, -0.15) is 0 Å². The van der Waals surface area contributed by atoms with E-state index < -0.39 is 0 Å². The minimum atomic E-state index is -0.0771. The lowest BCUT2D eigenvalue weighted by atomic mass is 9.86. The third-order valence-corrected chi connectivity index (χ3v) is 4.06. The van der Waals surface area contributed by atoms with E-state index in [1.165, 1.54) is 5.56 Å². The Bertz CT molecular complexity index is 453. The van der Waals surface area contributed by atoms with Gasteiger partial charge in [-0.1, -0.05) is 44.2 Å². The lowest BCUT2D eigenvalue weighted by molar-refractivity contribution is 0.0557. The zero-order valence-corrected chi connectivity index (χ0v) is 13.7. The van der Waals surface area contributed by atoms with Crippen LogP contribution in [0, 0.1) is 11.3 Å². The molecule has 1 aliphatic rings. The molecule has 122 valence electrons. The number of amides is 2. The Morgan fingerprint density at radius 3 is 2.73 bits per heavy atom. The topological polar surface area (TPSA) is 50.4 Å². The molecule has 2 amide bonds. The van der Waals surface area contributed by atoms with E-state index >= 15 is 0 Å². The summed E-state index contributed by atoms with van der Waals surface area (Å²) in [6.45, 7) is 7.33. The van der Waals surface area contributed by atoms with Gasteiger partial charge in [-0.3, -0.25) is 0 Å². The highest BCUT2D eigenvalue weighted by atomic mass is 16.5. The Morgan fingerprint density at radius 2 is 2.05 bits per heavy atom. The molecule has 1 saturated heterocycles. The molecule has 4 nitrogen and oxygen atoms in total.